The Labute approximate surface area is 107 Å². The summed E-state index contributed by atoms with van der Waals surface area (Å²) in [6.45, 7) is 0. The first-order valence-corrected chi connectivity index (χ1v) is 6.39. The lowest BCUT2D eigenvalue weighted by molar-refractivity contribution is 1.08. The van der Waals surface area contributed by atoms with Crippen LogP contribution in [0.4, 0.5) is 0 Å². The van der Waals surface area contributed by atoms with Gasteiger partial charge in [0, 0.05) is 10.0 Å². The molecule has 0 atom stereocenters. The Balaban J connectivity index is 2.47. The molecule has 0 aliphatic heterocycles. The van der Waals surface area contributed by atoms with Crippen molar-refractivity contribution in [3.63, 3.8) is 0 Å². The summed E-state index contributed by atoms with van der Waals surface area (Å²) in [4.78, 5) is 0. The van der Waals surface area contributed by atoms with Crippen molar-refractivity contribution in [1.82, 2.24) is 10.2 Å². The zero-order chi connectivity index (χ0) is 10.1. The molecule has 0 saturated carbocycles. The zero-order valence-electron chi connectivity index (χ0n) is 6.67. The molecule has 0 radical (unpaired) electrons. The Morgan fingerprint density at radius 2 is 2.00 bits per heavy atom. The molecule has 0 spiro atoms. The van der Waals surface area contributed by atoms with Crippen LogP contribution in [0.5, 0.6) is 0 Å². The first kappa shape index (κ1) is 10.5. The second kappa shape index (κ2) is 4.26. The molecule has 1 heterocycles. The van der Waals surface area contributed by atoms with Crippen molar-refractivity contribution in [3.05, 3.63) is 31.6 Å². The minimum atomic E-state index is 0.675. The van der Waals surface area contributed by atoms with Crippen LogP contribution in [0.1, 0.15) is 0 Å². The molecule has 2 aromatic rings. The Morgan fingerprint density at radius 1 is 1.21 bits per heavy atom. The van der Waals surface area contributed by atoms with Gasteiger partial charge >= 0.3 is 0 Å². The van der Waals surface area contributed by atoms with Gasteiger partial charge in [-0.25, -0.2) is 0 Å². The summed E-state index contributed by atoms with van der Waals surface area (Å²) in [5, 5.41) is 9.41. The van der Waals surface area contributed by atoms with Crippen molar-refractivity contribution in [2.75, 3.05) is 0 Å². The molecule has 1 aromatic heterocycles. The van der Waals surface area contributed by atoms with Crippen LogP contribution < -0.4 is 0 Å². The number of aromatic nitrogens is 2. The highest BCUT2D eigenvalue weighted by atomic mass is 79.9. The van der Waals surface area contributed by atoms with Gasteiger partial charge in [-0.3, -0.25) is 0 Å². The Hall–Kier alpha value is 0.0300. The second-order valence-electron chi connectivity index (χ2n) is 2.49. The van der Waals surface area contributed by atoms with Crippen LogP contribution in [-0.4, -0.2) is 10.2 Å². The highest BCUT2D eigenvalue weighted by Gasteiger charge is 2.06. The monoisotopic (exact) mass is 352 g/mol. The number of halogens is 3. The Bertz CT molecular complexity index is 472. The van der Waals surface area contributed by atoms with Crippen LogP contribution >= 0.6 is 54.8 Å². The molecule has 0 bridgehead atoms. The maximum absolute atomic E-state index is 5.97. The first-order valence-electron chi connectivity index (χ1n) is 3.61. The average molecular weight is 354 g/mol. The van der Waals surface area contributed by atoms with Crippen LogP contribution in [0.3, 0.4) is 0 Å². The average Bonchev–Trinajstić information content (AvgIpc) is 2.57. The summed E-state index contributed by atoms with van der Waals surface area (Å²) in [5.41, 5.74) is 0.974. The maximum atomic E-state index is 5.97. The largest absolute Gasteiger partial charge is 0.183 e. The molecule has 0 amide bonds. The molecule has 0 N–H and O–H groups in total. The van der Waals surface area contributed by atoms with Crippen molar-refractivity contribution in [2.24, 2.45) is 0 Å². The van der Waals surface area contributed by atoms with Gasteiger partial charge in [-0.2, -0.15) is 0 Å². The smallest absolute Gasteiger partial charge is 0.137 e. The number of hydrogen-bond donors (Lipinski definition) is 0. The van der Waals surface area contributed by atoms with E-state index in [1.807, 2.05) is 18.2 Å². The third-order valence-corrected chi connectivity index (χ3v) is 4.20. The summed E-state index contributed by atoms with van der Waals surface area (Å²) < 4.78 is 1.65. The van der Waals surface area contributed by atoms with Gasteiger partial charge in [0.15, 0.2) is 3.92 Å². The highest BCUT2D eigenvalue weighted by Crippen LogP contribution is 2.31. The minimum Gasteiger partial charge on any atom is -0.137 e. The fourth-order valence-electron chi connectivity index (χ4n) is 0.951. The molecule has 6 heteroatoms. The van der Waals surface area contributed by atoms with Gasteiger partial charge < -0.3 is 0 Å². The van der Waals surface area contributed by atoms with Crippen molar-refractivity contribution in [1.29, 1.82) is 0 Å². The molecule has 0 aliphatic rings. The SMILES string of the molecule is Clc1cc(-c2nnc(Br)s2)ccc1Br. The van der Waals surface area contributed by atoms with Gasteiger partial charge in [0.2, 0.25) is 0 Å². The molecule has 0 saturated heterocycles. The summed E-state index contributed by atoms with van der Waals surface area (Å²) >= 11 is 14.0. The lowest BCUT2D eigenvalue weighted by atomic mass is 10.2. The first-order chi connectivity index (χ1) is 6.66. The quantitative estimate of drug-likeness (QED) is 0.759. The fourth-order valence-corrected chi connectivity index (χ4v) is 2.49. The summed E-state index contributed by atoms with van der Waals surface area (Å²) in [6.07, 6.45) is 0. The van der Waals surface area contributed by atoms with Crippen LogP contribution in [0, 0.1) is 0 Å². The van der Waals surface area contributed by atoms with Gasteiger partial charge in [-0.05, 0) is 44.0 Å². The minimum absolute atomic E-state index is 0.675. The third-order valence-electron chi connectivity index (χ3n) is 1.57. The van der Waals surface area contributed by atoms with E-state index in [0.29, 0.717) is 5.02 Å². The van der Waals surface area contributed by atoms with Gasteiger partial charge in [0.25, 0.3) is 0 Å². The van der Waals surface area contributed by atoms with E-state index in [4.69, 9.17) is 11.6 Å². The van der Waals surface area contributed by atoms with Crippen molar-refractivity contribution >= 4 is 54.8 Å². The van der Waals surface area contributed by atoms with E-state index >= 15 is 0 Å². The highest BCUT2D eigenvalue weighted by molar-refractivity contribution is 9.11. The molecule has 2 nitrogen and oxygen atoms in total. The number of rotatable bonds is 1. The van der Waals surface area contributed by atoms with Crippen molar-refractivity contribution < 1.29 is 0 Å². The van der Waals surface area contributed by atoms with E-state index in [2.05, 4.69) is 42.1 Å². The van der Waals surface area contributed by atoms with Gasteiger partial charge in [0.1, 0.15) is 5.01 Å². The Kier molecular flexibility index (Phi) is 3.21. The molecular weight excluding hydrogens is 351 g/mol. The third kappa shape index (κ3) is 2.16. The fraction of sp³-hybridized carbons (Fsp3) is 0. The van der Waals surface area contributed by atoms with Crippen molar-refractivity contribution in [2.45, 2.75) is 0 Å². The number of hydrogen-bond acceptors (Lipinski definition) is 3. The molecule has 2 rings (SSSR count). The van der Waals surface area contributed by atoms with E-state index in [9.17, 15) is 0 Å². The van der Waals surface area contributed by atoms with E-state index < -0.39 is 0 Å². The standard InChI is InChI=1S/C8H3Br2ClN2S/c9-5-2-1-4(3-6(5)11)7-12-13-8(10)14-7/h1-3H. The van der Waals surface area contributed by atoms with Gasteiger partial charge in [0.05, 0.1) is 5.02 Å². The number of nitrogens with zero attached hydrogens (tertiary/aromatic N) is 2. The van der Waals surface area contributed by atoms with E-state index in [1.54, 1.807) is 0 Å². The van der Waals surface area contributed by atoms with Crippen LogP contribution in [-0.2, 0) is 0 Å². The zero-order valence-corrected chi connectivity index (χ0v) is 11.4. The van der Waals surface area contributed by atoms with Crippen LogP contribution in [0.2, 0.25) is 5.02 Å². The van der Waals surface area contributed by atoms with E-state index in [0.717, 1.165) is 19.0 Å². The van der Waals surface area contributed by atoms with Crippen molar-refractivity contribution in [3.8, 4) is 10.6 Å². The predicted molar refractivity (Wildman–Crippen MR) is 65.8 cm³/mol. The Morgan fingerprint density at radius 3 is 2.57 bits per heavy atom. The van der Waals surface area contributed by atoms with Crippen LogP contribution in [0.25, 0.3) is 10.6 Å². The number of benzene rings is 1. The molecular formula is C8H3Br2ClN2S. The summed E-state index contributed by atoms with van der Waals surface area (Å²) in [7, 11) is 0. The van der Waals surface area contributed by atoms with E-state index in [1.165, 1.54) is 11.3 Å². The maximum Gasteiger partial charge on any atom is 0.183 e. The molecule has 0 unspecified atom stereocenters. The second-order valence-corrected chi connectivity index (χ2v) is 6.00. The lowest BCUT2D eigenvalue weighted by Crippen LogP contribution is -1.77. The summed E-state index contributed by atoms with van der Waals surface area (Å²) in [5.74, 6) is 0. The van der Waals surface area contributed by atoms with E-state index in [-0.39, 0.29) is 0 Å². The van der Waals surface area contributed by atoms with Crippen LogP contribution in [0.15, 0.2) is 26.6 Å². The lowest BCUT2D eigenvalue weighted by Gasteiger charge is -1.98. The van der Waals surface area contributed by atoms with Gasteiger partial charge in [-0.1, -0.05) is 29.0 Å². The molecule has 0 aliphatic carbocycles. The normalized spacial score (nSPS) is 10.5. The molecule has 72 valence electrons. The molecule has 14 heavy (non-hydrogen) atoms. The predicted octanol–water partition coefficient (Wildman–Crippen LogP) is 4.38. The molecule has 1 aromatic carbocycles. The summed E-state index contributed by atoms with van der Waals surface area (Å²) in [6, 6.07) is 5.70. The molecule has 0 fully saturated rings. The topological polar surface area (TPSA) is 25.8 Å². The van der Waals surface area contributed by atoms with Gasteiger partial charge in [-0.15, -0.1) is 10.2 Å².